The second-order valence-electron chi connectivity index (χ2n) is 10.3. The normalized spacial score (nSPS) is 20.1. The van der Waals surface area contributed by atoms with Crippen LogP contribution in [0.25, 0.3) is 10.9 Å². The standard InChI is InChI=1S/C9H7N.C6H10N2O2.C5H7NO2.C4H8N2O.C4H9NO2S.C2H6/c1-2-6-9-8(4-1)5-3-7-10-9;1-4-5(9)8(3)6(10)7(4)2;1-6-3-4(7)2-5(6)8;1-6-3-2-5-4(6)7;1-5-3-2-4-8(5,6)7;1-2/h1-7H;4H,1-3H3;2-3H2,1H3;2-3H2,1H3,(H,5,7);2-4H2,1H3;1-2H3. The summed E-state index contributed by atoms with van der Waals surface area (Å²) in [6, 6.07) is 11.6. The molecule has 45 heavy (non-hydrogen) atoms. The van der Waals surface area contributed by atoms with Crippen LogP contribution in [0.3, 0.4) is 0 Å². The van der Waals surface area contributed by atoms with E-state index in [9.17, 15) is 32.4 Å². The molecule has 0 aliphatic carbocycles. The minimum absolute atomic E-state index is 0.0255. The molecule has 1 unspecified atom stereocenters. The van der Waals surface area contributed by atoms with Crippen LogP contribution in [-0.2, 0) is 24.4 Å². The fourth-order valence-corrected chi connectivity index (χ4v) is 5.22. The maximum absolute atomic E-state index is 11.0. The number of benzene rings is 1. The Hall–Kier alpha value is -4.11. The lowest BCUT2D eigenvalue weighted by Gasteiger charge is -2.09. The van der Waals surface area contributed by atoms with Crippen LogP contribution < -0.4 is 5.32 Å². The number of amides is 6. The Bertz CT molecular complexity index is 1330. The van der Waals surface area contributed by atoms with Crippen LogP contribution in [0.15, 0.2) is 42.6 Å². The van der Waals surface area contributed by atoms with Crippen molar-refractivity contribution in [2.75, 3.05) is 67.2 Å². The highest BCUT2D eigenvalue weighted by molar-refractivity contribution is 7.89. The molecule has 0 spiro atoms. The van der Waals surface area contributed by atoms with Gasteiger partial charge in [0.2, 0.25) is 15.9 Å². The number of nitrogens with one attached hydrogen (secondary N) is 1. The average Bonchev–Trinajstić information content (AvgIpc) is 3.71. The first-order valence-corrected chi connectivity index (χ1v) is 16.3. The fourth-order valence-electron chi connectivity index (χ4n) is 4.00. The second-order valence-corrected chi connectivity index (χ2v) is 12.5. The number of pyridine rings is 1. The molecule has 1 N–H and O–H groups in total. The van der Waals surface area contributed by atoms with Crippen molar-refractivity contribution in [3.05, 3.63) is 42.6 Å². The number of hydrogen-bond donors (Lipinski definition) is 1. The van der Waals surface area contributed by atoms with E-state index < -0.39 is 10.0 Å². The van der Waals surface area contributed by atoms with Gasteiger partial charge in [-0.25, -0.2) is 22.3 Å². The van der Waals surface area contributed by atoms with Gasteiger partial charge in [-0.05, 0) is 25.5 Å². The van der Waals surface area contributed by atoms with Crippen LogP contribution in [0.2, 0.25) is 0 Å². The lowest BCUT2D eigenvalue weighted by atomic mass is 10.2. The molecule has 250 valence electrons. The molecule has 1 atom stereocenters. The van der Waals surface area contributed by atoms with Gasteiger partial charge in [0.25, 0.3) is 5.91 Å². The number of ketones is 1. The van der Waals surface area contributed by atoms with Gasteiger partial charge in [0.1, 0.15) is 6.04 Å². The van der Waals surface area contributed by atoms with Gasteiger partial charge in [-0.1, -0.05) is 38.1 Å². The lowest BCUT2D eigenvalue weighted by molar-refractivity contribution is -0.127. The summed E-state index contributed by atoms with van der Waals surface area (Å²) in [6.45, 7) is 8.36. The zero-order chi connectivity index (χ0) is 34.3. The quantitative estimate of drug-likeness (QED) is 0.334. The largest absolute Gasteiger partial charge is 0.338 e. The number of sulfonamides is 1. The zero-order valence-electron chi connectivity index (χ0n) is 27.5. The molecule has 1 aromatic carbocycles. The van der Waals surface area contributed by atoms with Gasteiger partial charge >= 0.3 is 12.1 Å². The van der Waals surface area contributed by atoms with E-state index in [2.05, 4.69) is 22.4 Å². The molecule has 0 bridgehead atoms. The van der Waals surface area contributed by atoms with Gasteiger partial charge < -0.3 is 20.0 Å². The van der Waals surface area contributed by atoms with E-state index in [0.717, 1.165) is 29.9 Å². The summed E-state index contributed by atoms with van der Waals surface area (Å²) >= 11 is 0. The van der Waals surface area contributed by atoms with Crippen LogP contribution in [0.4, 0.5) is 9.59 Å². The molecule has 5 heterocycles. The van der Waals surface area contributed by atoms with Crippen LogP contribution >= 0.6 is 0 Å². The first-order valence-electron chi connectivity index (χ1n) is 14.7. The molecular weight excluding hydrogens is 602 g/mol. The molecule has 4 aliphatic heterocycles. The van der Waals surface area contributed by atoms with Crippen molar-refractivity contribution < 1.29 is 32.4 Å². The second kappa shape index (κ2) is 18.6. The van der Waals surface area contributed by atoms with Gasteiger partial charge in [0, 0.05) is 66.5 Å². The molecule has 1 aromatic heterocycles. The summed E-state index contributed by atoms with van der Waals surface area (Å²) < 4.78 is 22.8. The summed E-state index contributed by atoms with van der Waals surface area (Å²) in [6.07, 6.45) is 2.71. The van der Waals surface area contributed by atoms with Gasteiger partial charge in [-0.2, -0.15) is 0 Å². The van der Waals surface area contributed by atoms with Gasteiger partial charge in [0.05, 0.1) is 24.2 Å². The first-order chi connectivity index (χ1) is 21.2. The Kier molecular flexibility index (Phi) is 16.1. The number of hydrogen-bond acceptors (Lipinski definition) is 8. The number of para-hydroxylation sites is 1. The number of carbonyl (C=O) groups is 5. The van der Waals surface area contributed by atoms with Crippen molar-refractivity contribution in [1.82, 2.24) is 34.2 Å². The summed E-state index contributed by atoms with van der Waals surface area (Å²) in [5, 5.41) is 3.86. The van der Waals surface area contributed by atoms with E-state index in [4.69, 9.17) is 0 Å². The number of carbonyl (C=O) groups excluding carboxylic acids is 5. The number of fused-ring (bicyclic) bond motifs is 1. The fraction of sp³-hybridized carbons (Fsp3) is 0.533. The maximum Gasteiger partial charge on any atom is 0.326 e. The highest BCUT2D eigenvalue weighted by atomic mass is 32.2. The van der Waals surface area contributed by atoms with E-state index >= 15 is 0 Å². The van der Waals surface area contributed by atoms with Gasteiger partial charge in [-0.15, -0.1) is 0 Å². The topological polar surface area (TPSA) is 161 Å². The number of imide groups is 1. The predicted molar refractivity (Wildman–Crippen MR) is 173 cm³/mol. The summed E-state index contributed by atoms with van der Waals surface area (Å²) in [7, 11) is 5.34. The third-order valence-corrected chi connectivity index (χ3v) is 8.91. The number of nitrogens with zero attached hydrogens (tertiary/aromatic N) is 6. The van der Waals surface area contributed by atoms with E-state index in [1.807, 2.05) is 44.3 Å². The Morgan fingerprint density at radius 2 is 1.49 bits per heavy atom. The van der Waals surface area contributed by atoms with E-state index in [0.29, 0.717) is 18.8 Å². The highest BCUT2D eigenvalue weighted by Crippen LogP contribution is 2.12. The van der Waals surface area contributed by atoms with Crippen LogP contribution in [0, 0.1) is 0 Å². The van der Waals surface area contributed by atoms with Gasteiger partial charge in [0.15, 0.2) is 5.78 Å². The summed E-state index contributed by atoms with van der Waals surface area (Å²) in [5.74, 6) is 0.170. The molecule has 6 amide bonds. The number of Topliss-reactive ketones (excluding diaryl/α,β-unsaturated/α-hetero) is 1. The van der Waals surface area contributed by atoms with E-state index in [-0.39, 0.29) is 42.1 Å². The Morgan fingerprint density at radius 3 is 1.78 bits per heavy atom. The smallest absolute Gasteiger partial charge is 0.326 e. The summed E-state index contributed by atoms with van der Waals surface area (Å²) in [5.41, 5.74) is 1.06. The molecule has 4 fully saturated rings. The molecule has 6 rings (SSSR count). The monoisotopic (exact) mass is 649 g/mol. The van der Waals surface area contributed by atoms with E-state index in [1.165, 1.54) is 26.5 Å². The van der Waals surface area contributed by atoms with Crippen molar-refractivity contribution in [3.8, 4) is 0 Å². The minimum atomic E-state index is -2.79. The highest BCUT2D eigenvalue weighted by Gasteiger charge is 2.37. The van der Waals surface area contributed by atoms with Crippen molar-refractivity contribution in [3.63, 3.8) is 0 Å². The van der Waals surface area contributed by atoms with Crippen LogP contribution in [0.1, 0.15) is 33.6 Å². The van der Waals surface area contributed by atoms with Crippen LogP contribution in [0.5, 0.6) is 0 Å². The molecular formula is C30H47N7O7S. The first kappa shape index (κ1) is 38.9. The van der Waals surface area contributed by atoms with Crippen LogP contribution in [-0.4, -0.2) is 140 Å². The third kappa shape index (κ3) is 12.1. The third-order valence-electron chi connectivity index (χ3n) is 6.98. The average molecular weight is 650 g/mol. The Balaban J connectivity index is 0.000000279. The SMILES string of the molecule is CC.CC1C(=O)N(C)C(=O)N1C.CN1CC(=O)CC1=O.CN1CCCS1(=O)=O.CN1CCNC1=O.c1ccc2ncccc2c1. The molecule has 0 radical (unpaired) electrons. The van der Waals surface area contributed by atoms with Crippen molar-refractivity contribution in [1.29, 1.82) is 0 Å². The molecule has 4 aliphatic rings. The molecule has 15 heteroatoms. The number of rotatable bonds is 0. The zero-order valence-corrected chi connectivity index (χ0v) is 28.3. The molecule has 4 saturated heterocycles. The Morgan fingerprint density at radius 1 is 0.867 bits per heavy atom. The number of likely N-dealkylation sites (tertiary alicyclic amines) is 1. The van der Waals surface area contributed by atoms with Crippen molar-refractivity contribution in [2.24, 2.45) is 0 Å². The minimum Gasteiger partial charge on any atom is -0.338 e. The number of likely N-dealkylation sites (N-methyl/N-ethyl adjacent to an activating group) is 4. The summed E-state index contributed by atoms with van der Waals surface area (Å²) in [4.78, 5) is 63.0. The molecule has 14 nitrogen and oxygen atoms in total. The number of aromatic nitrogens is 1. The van der Waals surface area contributed by atoms with E-state index in [1.54, 1.807) is 40.0 Å². The van der Waals surface area contributed by atoms with Crippen molar-refractivity contribution in [2.45, 2.75) is 39.7 Å². The molecule has 2 aromatic rings. The predicted octanol–water partition coefficient (Wildman–Crippen LogP) is 1.87. The lowest BCUT2D eigenvalue weighted by Crippen LogP contribution is -2.28. The maximum atomic E-state index is 11.0. The Labute approximate surface area is 266 Å². The van der Waals surface area contributed by atoms with Gasteiger partial charge in [-0.3, -0.25) is 24.3 Å². The van der Waals surface area contributed by atoms with Crippen molar-refractivity contribution >= 4 is 50.6 Å². The molecule has 0 saturated carbocycles. The number of urea groups is 2.